The van der Waals surface area contributed by atoms with Crippen LogP contribution >= 0.6 is 0 Å². The van der Waals surface area contributed by atoms with Crippen molar-refractivity contribution in [1.29, 1.82) is 0 Å². The highest BCUT2D eigenvalue weighted by atomic mass is 17.1. The summed E-state index contributed by atoms with van der Waals surface area (Å²) in [7, 11) is 0. The summed E-state index contributed by atoms with van der Waals surface area (Å²) in [4.78, 5) is 76.3. The Balaban J connectivity index is 0.964. The average molecular weight is 933 g/mol. The van der Waals surface area contributed by atoms with Crippen LogP contribution in [-0.4, -0.2) is 50.2 Å². The number of anilines is 2. The number of hydrogen-bond donors (Lipinski definition) is 4. The van der Waals surface area contributed by atoms with Gasteiger partial charge in [-0.1, -0.05) is 35.4 Å². The summed E-state index contributed by atoms with van der Waals surface area (Å²) in [6.45, 7) is 10.8. The number of phenols is 2. The van der Waals surface area contributed by atoms with Gasteiger partial charge in [-0.2, -0.15) is 5.11 Å². The number of nitrogens with zero attached hydrogens (tertiary/aromatic N) is 6. The average Bonchev–Trinajstić information content (AvgIpc) is 3.30. The number of amides is 4. The Kier molecular flexibility index (Phi) is 10.7. The Labute approximate surface area is 398 Å². The zero-order chi connectivity index (χ0) is 49.6. The number of benzene rings is 8. The molecule has 10 rings (SSSR count). The number of carbonyl (C=O) groups excluding carboxylic acids is 4. The van der Waals surface area contributed by atoms with Crippen LogP contribution in [0.1, 0.15) is 90.7 Å². The normalized spacial score (nSPS) is 13.6. The number of carboxylic acids is 1. The van der Waals surface area contributed by atoms with Crippen LogP contribution in [0.25, 0.3) is 32.3 Å². The third-order valence-corrected chi connectivity index (χ3v) is 12.9. The number of carboxylic acid groups (broad SMARTS) is 1. The lowest BCUT2D eigenvalue weighted by atomic mass is 9.85. The summed E-state index contributed by atoms with van der Waals surface area (Å²) in [5.41, 5.74) is 5.42. The van der Waals surface area contributed by atoms with Gasteiger partial charge in [0.05, 0.1) is 22.6 Å². The topological polar surface area (TPSA) is 231 Å². The Morgan fingerprint density at radius 2 is 0.914 bits per heavy atom. The van der Waals surface area contributed by atoms with Gasteiger partial charge in [0, 0.05) is 49.4 Å². The van der Waals surface area contributed by atoms with Gasteiger partial charge >= 0.3 is 5.97 Å². The number of carbonyl (C=O) groups is 5. The molecular formula is C54H40N6O10. The van der Waals surface area contributed by atoms with E-state index >= 15 is 0 Å². The summed E-state index contributed by atoms with van der Waals surface area (Å²) in [5.74, 6) is -4.75. The van der Waals surface area contributed by atoms with E-state index in [0.717, 1.165) is 48.9 Å². The zero-order valence-corrected chi connectivity index (χ0v) is 38.4. The van der Waals surface area contributed by atoms with E-state index in [1.807, 2.05) is 64.1 Å². The molecule has 346 valence electrons. The van der Waals surface area contributed by atoms with E-state index in [0.29, 0.717) is 21.9 Å². The van der Waals surface area contributed by atoms with Gasteiger partial charge in [0.2, 0.25) is 0 Å². The van der Waals surface area contributed by atoms with E-state index in [4.69, 9.17) is 0 Å². The van der Waals surface area contributed by atoms with Crippen LogP contribution in [0.2, 0.25) is 0 Å². The number of phenolic OH excluding ortho intramolecular Hbond substituents is 2. The minimum atomic E-state index is -1.42. The van der Waals surface area contributed by atoms with Gasteiger partial charge in [-0.05, 0) is 147 Å². The molecule has 0 saturated heterocycles. The minimum Gasteiger partial charge on any atom is -0.505 e. The van der Waals surface area contributed by atoms with Gasteiger partial charge in [-0.3, -0.25) is 24.4 Å². The fraction of sp³-hybridized carbons (Fsp3) is 0.130. The summed E-state index contributed by atoms with van der Waals surface area (Å²) >= 11 is 0. The molecular weight excluding hydrogens is 893 g/mol. The van der Waals surface area contributed by atoms with Crippen LogP contribution in [0, 0.1) is 41.5 Å². The lowest BCUT2D eigenvalue weighted by Gasteiger charge is -2.32. The van der Waals surface area contributed by atoms with Crippen molar-refractivity contribution in [2.24, 2.45) is 20.5 Å². The molecule has 0 saturated carbocycles. The van der Waals surface area contributed by atoms with Crippen LogP contribution in [0.3, 0.4) is 0 Å². The maximum atomic E-state index is 14.4. The maximum absolute atomic E-state index is 14.4. The molecule has 0 bridgehead atoms. The highest BCUT2D eigenvalue weighted by molar-refractivity contribution is 6.42. The number of azo groups is 2. The molecule has 8 aromatic carbocycles. The first kappa shape index (κ1) is 44.8. The zero-order valence-electron chi connectivity index (χ0n) is 38.4. The monoisotopic (exact) mass is 932 g/mol. The first-order valence-corrected chi connectivity index (χ1v) is 21.9. The largest absolute Gasteiger partial charge is 0.505 e. The maximum Gasteiger partial charge on any atom is 0.338 e. The SMILES string of the molecule is Cc1cc(C)c2c(O)c(N=Nc3ccc(N4C(=O)c5ccc6c7c(ccc(c57)C4=O)C(=O)N(c4ccc(N=Nc5c(C)cc7cc(C)cc(C)c7c5O)c(C(=O)O)c4)C6=O)cc3COO)c(C)cc2c1. The molecule has 0 fully saturated rings. The van der Waals surface area contributed by atoms with E-state index in [-0.39, 0.29) is 89.8 Å². The standard InChI is InChI=1S/C54H40N6O10/c1-24-15-26(3)42-30(17-24)19-28(5)46(48(42)61)57-55-40-13-7-33(21-32(40)23-70-69)59-50(63)35-9-11-37-45-38(12-10-36(44(35)45)51(59)64)53(66)60(52(37)65)34-8-14-41(39(22-34)54(67)68)56-58-47-29(6)20-31-18-25(2)16-27(4)43(31)49(47)62/h7-22,61-62,69H,23H2,1-6H3,(H,67,68). The molecule has 0 spiro atoms. The second kappa shape index (κ2) is 16.7. The van der Waals surface area contributed by atoms with Crippen LogP contribution in [-0.2, 0) is 11.5 Å². The van der Waals surface area contributed by atoms with Gasteiger partial charge in [0.25, 0.3) is 23.6 Å². The fourth-order valence-electron chi connectivity index (χ4n) is 9.81. The summed E-state index contributed by atoms with van der Waals surface area (Å²) in [6, 6.07) is 25.3. The quantitative estimate of drug-likeness (QED) is 0.0463. The Morgan fingerprint density at radius 1 is 0.500 bits per heavy atom. The van der Waals surface area contributed by atoms with Crippen molar-refractivity contribution in [3.63, 3.8) is 0 Å². The van der Waals surface area contributed by atoms with E-state index in [1.54, 1.807) is 13.8 Å². The third kappa shape index (κ3) is 7.03. The molecule has 2 aliphatic rings. The van der Waals surface area contributed by atoms with Gasteiger partial charge in [0.15, 0.2) is 11.5 Å². The summed E-state index contributed by atoms with van der Waals surface area (Å²) in [5, 5.41) is 62.6. The molecule has 4 amide bonds. The van der Waals surface area contributed by atoms with Crippen molar-refractivity contribution < 1.29 is 49.4 Å². The predicted molar refractivity (Wildman–Crippen MR) is 261 cm³/mol. The molecule has 0 aromatic heterocycles. The van der Waals surface area contributed by atoms with Crippen molar-refractivity contribution in [2.45, 2.75) is 48.1 Å². The predicted octanol–water partition coefficient (Wildman–Crippen LogP) is 12.5. The first-order valence-electron chi connectivity index (χ1n) is 21.9. The molecule has 0 unspecified atom stereocenters. The molecule has 0 aliphatic carbocycles. The Bertz CT molecular complexity index is 3730. The van der Waals surface area contributed by atoms with Crippen LogP contribution in [0.5, 0.6) is 11.5 Å². The van der Waals surface area contributed by atoms with Crippen LogP contribution in [0.4, 0.5) is 34.1 Å². The molecule has 0 atom stereocenters. The highest BCUT2D eigenvalue weighted by Gasteiger charge is 2.41. The molecule has 0 radical (unpaired) electrons. The molecule has 2 heterocycles. The lowest BCUT2D eigenvalue weighted by molar-refractivity contribution is -0.252. The first-order chi connectivity index (χ1) is 33.5. The second-order valence-corrected chi connectivity index (χ2v) is 17.6. The summed E-state index contributed by atoms with van der Waals surface area (Å²) in [6.07, 6.45) is 0. The Morgan fingerprint density at radius 3 is 1.34 bits per heavy atom. The number of rotatable bonds is 9. The number of imide groups is 2. The number of aromatic carboxylic acids is 1. The third-order valence-electron chi connectivity index (χ3n) is 12.9. The molecule has 4 N–H and O–H groups in total. The van der Waals surface area contributed by atoms with E-state index in [9.17, 15) is 44.5 Å². The van der Waals surface area contributed by atoms with E-state index in [2.05, 4.69) is 25.3 Å². The van der Waals surface area contributed by atoms with E-state index in [1.165, 1.54) is 54.6 Å². The van der Waals surface area contributed by atoms with Gasteiger partial charge < -0.3 is 15.3 Å². The number of hydrogen-bond acceptors (Lipinski definition) is 13. The van der Waals surface area contributed by atoms with Crippen LogP contribution in [0.15, 0.2) is 118 Å². The lowest BCUT2D eigenvalue weighted by Crippen LogP contribution is -2.43. The van der Waals surface area contributed by atoms with Crippen molar-refractivity contribution in [1.82, 2.24) is 0 Å². The van der Waals surface area contributed by atoms with Crippen molar-refractivity contribution in [2.75, 3.05) is 9.80 Å². The number of aryl methyl sites for hydroxylation is 6. The minimum absolute atomic E-state index is 0.00677. The van der Waals surface area contributed by atoms with Crippen molar-refractivity contribution in [3.8, 4) is 11.5 Å². The highest BCUT2D eigenvalue weighted by Crippen LogP contribution is 2.45. The van der Waals surface area contributed by atoms with Crippen LogP contribution < -0.4 is 9.80 Å². The number of aromatic hydroxyl groups is 2. The second-order valence-electron chi connectivity index (χ2n) is 17.6. The molecule has 16 heteroatoms. The smallest absolute Gasteiger partial charge is 0.338 e. The molecule has 16 nitrogen and oxygen atoms in total. The molecule has 70 heavy (non-hydrogen) atoms. The molecule has 8 aromatic rings. The van der Waals surface area contributed by atoms with Crippen molar-refractivity contribution in [3.05, 3.63) is 164 Å². The Hall–Kier alpha value is -8.99. The van der Waals surface area contributed by atoms with Gasteiger partial charge in [0.1, 0.15) is 23.7 Å². The fourth-order valence-corrected chi connectivity index (χ4v) is 9.81. The summed E-state index contributed by atoms with van der Waals surface area (Å²) < 4.78 is 0. The van der Waals surface area contributed by atoms with Gasteiger partial charge in [-0.15, -0.1) is 15.3 Å². The van der Waals surface area contributed by atoms with Gasteiger partial charge in [-0.25, -0.2) is 19.5 Å². The van der Waals surface area contributed by atoms with E-state index < -0.39 is 36.2 Å². The number of fused-ring (bicyclic) bond motifs is 2. The van der Waals surface area contributed by atoms with Crippen molar-refractivity contribution >= 4 is 96.0 Å². The molecule has 2 aliphatic heterocycles.